The first kappa shape index (κ1) is 15.7. The molecule has 24 heavy (non-hydrogen) atoms. The van der Waals surface area contributed by atoms with E-state index in [1.54, 1.807) is 24.7 Å². The summed E-state index contributed by atoms with van der Waals surface area (Å²) in [5, 5.41) is 6.09. The van der Waals surface area contributed by atoms with Crippen LogP contribution >= 0.6 is 0 Å². The fraction of sp³-hybridized carbons (Fsp3) is 0.105. The van der Waals surface area contributed by atoms with Crippen molar-refractivity contribution in [2.45, 2.75) is 13.5 Å². The van der Waals surface area contributed by atoms with Crippen molar-refractivity contribution in [1.29, 1.82) is 0 Å². The van der Waals surface area contributed by atoms with Crippen molar-refractivity contribution in [1.82, 2.24) is 9.97 Å². The van der Waals surface area contributed by atoms with Crippen LogP contribution in [0.4, 0.5) is 11.4 Å². The van der Waals surface area contributed by atoms with E-state index >= 15 is 0 Å². The molecule has 0 spiro atoms. The summed E-state index contributed by atoms with van der Waals surface area (Å²) in [6.45, 7) is 2.58. The average Bonchev–Trinajstić information content (AvgIpc) is 2.63. The molecule has 0 atom stereocenters. The summed E-state index contributed by atoms with van der Waals surface area (Å²) < 4.78 is 0. The molecule has 0 aliphatic heterocycles. The van der Waals surface area contributed by atoms with Crippen molar-refractivity contribution < 1.29 is 4.79 Å². The van der Waals surface area contributed by atoms with E-state index in [0.717, 1.165) is 22.6 Å². The van der Waals surface area contributed by atoms with Crippen molar-refractivity contribution in [2.24, 2.45) is 0 Å². The van der Waals surface area contributed by atoms with Crippen LogP contribution in [0.1, 0.15) is 21.6 Å². The van der Waals surface area contributed by atoms with Crippen LogP contribution in [0, 0.1) is 6.92 Å². The van der Waals surface area contributed by atoms with Crippen LogP contribution in [0.25, 0.3) is 0 Å². The molecule has 1 amide bonds. The van der Waals surface area contributed by atoms with Gasteiger partial charge in [0.1, 0.15) is 0 Å². The maximum absolute atomic E-state index is 12.3. The predicted molar refractivity (Wildman–Crippen MR) is 94.9 cm³/mol. The van der Waals surface area contributed by atoms with Crippen LogP contribution in [-0.4, -0.2) is 15.9 Å². The molecule has 0 bridgehead atoms. The minimum absolute atomic E-state index is 0.187. The number of hydrogen-bond donors (Lipinski definition) is 2. The molecular formula is C19H18N4O. The number of aryl methyl sites for hydroxylation is 1. The number of nitrogens with one attached hydrogen (secondary N) is 2. The molecule has 0 aliphatic rings. The number of carbonyl (C=O) groups is 1. The lowest BCUT2D eigenvalue weighted by Gasteiger charge is -2.08. The Hall–Kier alpha value is -3.21. The van der Waals surface area contributed by atoms with Crippen molar-refractivity contribution in [3.8, 4) is 0 Å². The molecule has 0 fully saturated rings. The van der Waals surface area contributed by atoms with E-state index in [2.05, 4.69) is 20.6 Å². The second-order valence-corrected chi connectivity index (χ2v) is 5.46. The van der Waals surface area contributed by atoms with Gasteiger partial charge in [0.15, 0.2) is 0 Å². The number of rotatable bonds is 5. The van der Waals surface area contributed by atoms with E-state index in [9.17, 15) is 4.79 Å². The summed E-state index contributed by atoms with van der Waals surface area (Å²) in [6, 6.07) is 15.2. The Kier molecular flexibility index (Phi) is 4.81. The lowest BCUT2D eigenvalue weighted by molar-refractivity contribution is 0.102. The van der Waals surface area contributed by atoms with Crippen molar-refractivity contribution in [3.05, 3.63) is 83.9 Å². The molecule has 3 rings (SSSR count). The zero-order valence-electron chi connectivity index (χ0n) is 13.4. The largest absolute Gasteiger partial charge is 0.378 e. The molecule has 3 aromatic rings. The summed E-state index contributed by atoms with van der Waals surface area (Å²) in [6.07, 6.45) is 4.99. The highest BCUT2D eigenvalue weighted by Gasteiger charge is 2.07. The lowest BCUT2D eigenvalue weighted by Crippen LogP contribution is -2.13. The first-order chi connectivity index (χ1) is 11.7. The molecule has 1 aromatic carbocycles. The first-order valence-corrected chi connectivity index (χ1v) is 7.67. The third-order valence-corrected chi connectivity index (χ3v) is 3.51. The van der Waals surface area contributed by atoms with Gasteiger partial charge in [0.2, 0.25) is 0 Å². The van der Waals surface area contributed by atoms with E-state index in [4.69, 9.17) is 0 Å². The number of anilines is 2. The molecule has 5 heteroatoms. The fourth-order valence-electron chi connectivity index (χ4n) is 2.20. The minimum atomic E-state index is -0.187. The summed E-state index contributed by atoms with van der Waals surface area (Å²) in [5.74, 6) is -0.187. The van der Waals surface area contributed by atoms with Gasteiger partial charge in [0.25, 0.3) is 5.91 Å². The zero-order valence-corrected chi connectivity index (χ0v) is 13.4. The molecule has 0 aliphatic carbocycles. The van der Waals surface area contributed by atoms with Crippen LogP contribution in [0.5, 0.6) is 0 Å². The van der Waals surface area contributed by atoms with Gasteiger partial charge in [0.05, 0.1) is 23.5 Å². The van der Waals surface area contributed by atoms with Gasteiger partial charge < -0.3 is 10.6 Å². The third kappa shape index (κ3) is 4.16. The Morgan fingerprint density at radius 3 is 2.62 bits per heavy atom. The van der Waals surface area contributed by atoms with Crippen LogP contribution in [0.2, 0.25) is 0 Å². The molecule has 0 unspecified atom stereocenters. The summed E-state index contributed by atoms with van der Waals surface area (Å²) >= 11 is 0. The molecule has 2 heterocycles. The normalized spacial score (nSPS) is 10.2. The number of hydrogen-bond acceptors (Lipinski definition) is 4. The second-order valence-electron chi connectivity index (χ2n) is 5.46. The number of amides is 1. The highest BCUT2D eigenvalue weighted by atomic mass is 16.1. The standard InChI is InChI=1S/C19H18N4O/c1-14-5-7-16(8-6-14)23-19(24)15-10-18(12-20-11-15)22-13-17-4-2-3-9-21-17/h2-12,22H,13H2,1H3,(H,23,24). The van der Waals surface area contributed by atoms with Gasteiger partial charge in [-0.05, 0) is 37.3 Å². The monoisotopic (exact) mass is 318 g/mol. The highest BCUT2D eigenvalue weighted by Crippen LogP contribution is 2.13. The van der Waals surface area contributed by atoms with E-state index in [1.807, 2.05) is 49.4 Å². The van der Waals surface area contributed by atoms with E-state index in [-0.39, 0.29) is 5.91 Å². The molecule has 120 valence electrons. The van der Waals surface area contributed by atoms with Gasteiger partial charge in [-0.1, -0.05) is 23.8 Å². The van der Waals surface area contributed by atoms with Crippen LogP contribution < -0.4 is 10.6 Å². The number of nitrogens with zero attached hydrogens (tertiary/aromatic N) is 2. The van der Waals surface area contributed by atoms with E-state index < -0.39 is 0 Å². The maximum Gasteiger partial charge on any atom is 0.257 e. The lowest BCUT2D eigenvalue weighted by atomic mass is 10.2. The van der Waals surface area contributed by atoms with Gasteiger partial charge in [-0.25, -0.2) is 0 Å². The highest BCUT2D eigenvalue weighted by molar-refractivity contribution is 6.04. The van der Waals surface area contributed by atoms with Crippen molar-refractivity contribution in [2.75, 3.05) is 10.6 Å². The van der Waals surface area contributed by atoms with Gasteiger partial charge in [-0.15, -0.1) is 0 Å². The second kappa shape index (κ2) is 7.37. The smallest absolute Gasteiger partial charge is 0.257 e. The molecule has 5 nitrogen and oxygen atoms in total. The summed E-state index contributed by atoms with van der Waals surface area (Å²) in [4.78, 5) is 20.7. The Morgan fingerprint density at radius 2 is 1.88 bits per heavy atom. The van der Waals surface area contributed by atoms with Gasteiger partial charge >= 0.3 is 0 Å². The quantitative estimate of drug-likeness (QED) is 0.753. The number of aromatic nitrogens is 2. The minimum Gasteiger partial charge on any atom is -0.378 e. The van der Waals surface area contributed by atoms with Gasteiger partial charge in [-0.2, -0.15) is 0 Å². The molecule has 0 radical (unpaired) electrons. The van der Waals surface area contributed by atoms with E-state index in [1.165, 1.54) is 0 Å². The topological polar surface area (TPSA) is 66.9 Å². The molecule has 2 aromatic heterocycles. The summed E-state index contributed by atoms with van der Waals surface area (Å²) in [5.41, 5.74) is 4.11. The Balaban J connectivity index is 1.65. The number of pyridine rings is 2. The SMILES string of the molecule is Cc1ccc(NC(=O)c2cncc(NCc3ccccn3)c2)cc1. The van der Waals surface area contributed by atoms with Gasteiger partial charge in [0, 0.05) is 24.3 Å². The molecule has 0 saturated heterocycles. The average molecular weight is 318 g/mol. The third-order valence-electron chi connectivity index (χ3n) is 3.51. The van der Waals surface area contributed by atoms with Crippen molar-refractivity contribution >= 4 is 17.3 Å². The summed E-state index contributed by atoms with van der Waals surface area (Å²) in [7, 11) is 0. The van der Waals surface area contributed by atoms with Crippen LogP contribution in [-0.2, 0) is 6.54 Å². The number of carbonyl (C=O) groups excluding carboxylic acids is 1. The van der Waals surface area contributed by atoms with Gasteiger partial charge in [-0.3, -0.25) is 14.8 Å². The van der Waals surface area contributed by atoms with Crippen LogP contribution in [0.15, 0.2) is 67.1 Å². The first-order valence-electron chi connectivity index (χ1n) is 7.67. The van der Waals surface area contributed by atoms with Crippen molar-refractivity contribution in [3.63, 3.8) is 0 Å². The predicted octanol–water partition coefficient (Wildman–Crippen LogP) is 3.65. The fourth-order valence-corrected chi connectivity index (χ4v) is 2.20. The Morgan fingerprint density at radius 1 is 1.04 bits per heavy atom. The molecule has 2 N–H and O–H groups in total. The molecule has 0 saturated carbocycles. The zero-order chi connectivity index (χ0) is 16.8. The Bertz CT molecular complexity index is 816. The van der Waals surface area contributed by atoms with Crippen LogP contribution in [0.3, 0.4) is 0 Å². The number of benzene rings is 1. The maximum atomic E-state index is 12.3. The molecular weight excluding hydrogens is 300 g/mol. The van der Waals surface area contributed by atoms with E-state index in [0.29, 0.717) is 12.1 Å². The Labute approximate surface area is 140 Å².